The Balaban J connectivity index is 2.68. The molecule has 0 aliphatic carbocycles. The van der Waals surface area contributed by atoms with Gasteiger partial charge in [0.05, 0.1) is 0 Å². The van der Waals surface area contributed by atoms with Crippen LogP contribution in [0.3, 0.4) is 0 Å². The topological polar surface area (TPSA) is 38.0 Å². The average Bonchev–Trinajstić information content (AvgIpc) is 2.26. The van der Waals surface area contributed by atoms with Crippen molar-refractivity contribution >= 4 is 0 Å². The number of nitrogens with one attached hydrogen (secondary N) is 1. The lowest BCUT2D eigenvalue weighted by atomic mass is 9.99. The molecular formula is C12H18N2. The minimum atomic E-state index is 0.184. The van der Waals surface area contributed by atoms with Gasteiger partial charge in [-0.15, -0.1) is 0 Å². The Bertz CT molecular complexity index is 280. The molecule has 1 unspecified atom stereocenters. The van der Waals surface area contributed by atoms with Crippen LogP contribution in [0, 0.1) is 0 Å². The van der Waals surface area contributed by atoms with Crippen molar-refractivity contribution in [2.75, 3.05) is 0 Å². The van der Waals surface area contributed by atoms with Gasteiger partial charge in [-0.3, -0.25) is 11.3 Å². The van der Waals surface area contributed by atoms with Crippen molar-refractivity contribution in [2.24, 2.45) is 5.84 Å². The summed E-state index contributed by atoms with van der Waals surface area (Å²) in [5.41, 5.74) is 5.25. The van der Waals surface area contributed by atoms with Crippen molar-refractivity contribution in [3.05, 3.63) is 48.0 Å². The molecule has 0 aliphatic rings. The SMILES string of the molecule is C=C(CC)CC(NN)c1ccccc1. The zero-order valence-electron chi connectivity index (χ0n) is 8.66. The van der Waals surface area contributed by atoms with Crippen molar-refractivity contribution in [1.82, 2.24) is 5.43 Å². The fraction of sp³-hybridized carbons (Fsp3) is 0.333. The highest BCUT2D eigenvalue weighted by molar-refractivity contribution is 5.20. The van der Waals surface area contributed by atoms with Gasteiger partial charge in [0, 0.05) is 6.04 Å². The summed E-state index contributed by atoms with van der Waals surface area (Å²) in [5, 5.41) is 0. The highest BCUT2D eigenvalue weighted by Gasteiger charge is 2.09. The fourth-order valence-electron chi connectivity index (χ4n) is 1.39. The molecule has 3 N–H and O–H groups in total. The normalized spacial score (nSPS) is 12.4. The van der Waals surface area contributed by atoms with E-state index in [1.165, 1.54) is 11.1 Å². The van der Waals surface area contributed by atoms with Crippen molar-refractivity contribution < 1.29 is 0 Å². The molecule has 0 amide bonds. The lowest BCUT2D eigenvalue weighted by Gasteiger charge is -2.16. The molecule has 0 radical (unpaired) electrons. The van der Waals surface area contributed by atoms with Gasteiger partial charge in [-0.05, 0) is 18.4 Å². The summed E-state index contributed by atoms with van der Waals surface area (Å²) in [6.45, 7) is 6.10. The number of nitrogens with two attached hydrogens (primary N) is 1. The number of hydrazine groups is 1. The van der Waals surface area contributed by atoms with E-state index in [-0.39, 0.29) is 6.04 Å². The van der Waals surface area contributed by atoms with E-state index in [1.807, 2.05) is 18.2 Å². The van der Waals surface area contributed by atoms with Gasteiger partial charge in [0.25, 0.3) is 0 Å². The van der Waals surface area contributed by atoms with Crippen LogP contribution in [0.5, 0.6) is 0 Å². The predicted octanol–water partition coefficient (Wildman–Crippen LogP) is 2.55. The smallest absolute Gasteiger partial charge is 0.0496 e. The largest absolute Gasteiger partial charge is 0.271 e. The van der Waals surface area contributed by atoms with Crippen molar-refractivity contribution in [1.29, 1.82) is 0 Å². The average molecular weight is 190 g/mol. The Hall–Kier alpha value is -1.12. The Labute approximate surface area is 85.8 Å². The number of benzene rings is 1. The van der Waals surface area contributed by atoms with Crippen LogP contribution >= 0.6 is 0 Å². The molecule has 0 saturated heterocycles. The highest BCUT2D eigenvalue weighted by Crippen LogP contribution is 2.20. The maximum atomic E-state index is 5.52. The first-order valence-corrected chi connectivity index (χ1v) is 4.95. The molecule has 0 bridgehead atoms. The molecule has 0 spiro atoms. The van der Waals surface area contributed by atoms with Crippen LogP contribution in [0.15, 0.2) is 42.5 Å². The summed E-state index contributed by atoms with van der Waals surface area (Å²) in [6, 6.07) is 10.4. The van der Waals surface area contributed by atoms with Crippen LogP contribution in [-0.4, -0.2) is 0 Å². The number of hydrogen-bond acceptors (Lipinski definition) is 2. The van der Waals surface area contributed by atoms with Crippen molar-refractivity contribution in [2.45, 2.75) is 25.8 Å². The van der Waals surface area contributed by atoms with Gasteiger partial charge in [-0.25, -0.2) is 0 Å². The van der Waals surface area contributed by atoms with E-state index < -0.39 is 0 Å². The minimum Gasteiger partial charge on any atom is -0.271 e. The molecule has 1 rings (SSSR count). The summed E-state index contributed by atoms with van der Waals surface area (Å²) in [4.78, 5) is 0. The van der Waals surface area contributed by atoms with E-state index in [9.17, 15) is 0 Å². The third-order valence-electron chi connectivity index (χ3n) is 2.40. The molecule has 0 aliphatic heterocycles. The maximum Gasteiger partial charge on any atom is 0.0496 e. The molecular weight excluding hydrogens is 172 g/mol. The Kier molecular flexibility index (Phi) is 4.36. The van der Waals surface area contributed by atoms with Gasteiger partial charge in [0.1, 0.15) is 0 Å². The van der Waals surface area contributed by atoms with Gasteiger partial charge < -0.3 is 0 Å². The monoisotopic (exact) mass is 190 g/mol. The molecule has 1 atom stereocenters. The van der Waals surface area contributed by atoms with Gasteiger partial charge in [-0.2, -0.15) is 0 Å². The lowest BCUT2D eigenvalue weighted by Crippen LogP contribution is -2.28. The van der Waals surface area contributed by atoms with Crippen molar-refractivity contribution in [3.8, 4) is 0 Å². The second kappa shape index (κ2) is 5.58. The van der Waals surface area contributed by atoms with E-state index in [0.717, 1.165) is 12.8 Å². The van der Waals surface area contributed by atoms with E-state index >= 15 is 0 Å². The number of rotatable bonds is 5. The van der Waals surface area contributed by atoms with Gasteiger partial charge >= 0.3 is 0 Å². The van der Waals surface area contributed by atoms with Crippen LogP contribution in [0.1, 0.15) is 31.4 Å². The quantitative estimate of drug-likeness (QED) is 0.425. The van der Waals surface area contributed by atoms with Crippen LogP contribution in [0.25, 0.3) is 0 Å². The Morgan fingerprint density at radius 2 is 2.07 bits per heavy atom. The summed E-state index contributed by atoms with van der Waals surface area (Å²) in [5.74, 6) is 5.52. The Morgan fingerprint density at radius 3 is 2.57 bits per heavy atom. The lowest BCUT2D eigenvalue weighted by molar-refractivity contribution is 0.545. The molecule has 2 heteroatoms. The molecule has 2 nitrogen and oxygen atoms in total. The summed E-state index contributed by atoms with van der Waals surface area (Å²) in [7, 11) is 0. The second-order valence-electron chi connectivity index (χ2n) is 3.44. The molecule has 14 heavy (non-hydrogen) atoms. The third kappa shape index (κ3) is 2.98. The third-order valence-corrected chi connectivity index (χ3v) is 2.40. The molecule has 1 aromatic rings. The summed E-state index contributed by atoms with van der Waals surface area (Å²) in [6.07, 6.45) is 1.90. The van der Waals surface area contributed by atoms with Crippen LogP contribution < -0.4 is 11.3 Å². The highest BCUT2D eigenvalue weighted by atomic mass is 15.2. The van der Waals surface area contributed by atoms with Crippen LogP contribution in [0.2, 0.25) is 0 Å². The molecule has 1 aromatic carbocycles. The van der Waals surface area contributed by atoms with E-state index in [0.29, 0.717) is 0 Å². The molecule has 0 aromatic heterocycles. The fourth-order valence-corrected chi connectivity index (χ4v) is 1.39. The zero-order valence-corrected chi connectivity index (χ0v) is 8.66. The van der Waals surface area contributed by atoms with Crippen LogP contribution in [-0.2, 0) is 0 Å². The summed E-state index contributed by atoms with van der Waals surface area (Å²) < 4.78 is 0. The van der Waals surface area contributed by atoms with Gasteiger partial charge in [0.15, 0.2) is 0 Å². The van der Waals surface area contributed by atoms with E-state index in [4.69, 9.17) is 5.84 Å². The first-order chi connectivity index (χ1) is 6.77. The molecule has 0 saturated carbocycles. The number of hydrogen-bond donors (Lipinski definition) is 2. The maximum absolute atomic E-state index is 5.52. The first-order valence-electron chi connectivity index (χ1n) is 4.95. The minimum absolute atomic E-state index is 0.184. The first kappa shape index (κ1) is 11.0. The molecule has 0 fully saturated rings. The predicted molar refractivity (Wildman–Crippen MR) is 60.6 cm³/mol. The van der Waals surface area contributed by atoms with Crippen LogP contribution in [0.4, 0.5) is 0 Å². The summed E-state index contributed by atoms with van der Waals surface area (Å²) >= 11 is 0. The van der Waals surface area contributed by atoms with Gasteiger partial charge in [0.2, 0.25) is 0 Å². The van der Waals surface area contributed by atoms with Gasteiger partial charge in [-0.1, -0.05) is 49.4 Å². The molecule has 0 heterocycles. The standard InChI is InChI=1S/C12H18N2/c1-3-10(2)9-12(14-13)11-7-5-4-6-8-11/h4-8,12,14H,2-3,9,13H2,1H3. The van der Waals surface area contributed by atoms with E-state index in [2.05, 4.69) is 31.1 Å². The Morgan fingerprint density at radius 1 is 1.43 bits per heavy atom. The second-order valence-corrected chi connectivity index (χ2v) is 3.44. The molecule has 76 valence electrons. The van der Waals surface area contributed by atoms with Crippen molar-refractivity contribution in [3.63, 3.8) is 0 Å². The van der Waals surface area contributed by atoms with E-state index in [1.54, 1.807) is 0 Å². The zero-order chi connectivity index (χ0) is 10.4.